The number of hydrogen-bond donors (Lipinski definition) is 1. The summed E-state index contributed by atoms with van der Waals surface area (Å²) in [5.74, 6) is -0.226. The second kappa shape index (κ2) is 6.73. The standard InChI is InChI=1S/C13H24N2O3/c1-5-9(2)14-12(16)10(3)15-7-6-11(8-15)13(17)18-4/h9-11H,5-8H2,1-4H3,(H,14,16). The lowest BCUT2D eigenvalue weighted by Crippen LogP contribution is -2.46. The van der Waals surface area contributed by atoms with E-state index in [1.807, 2.05) is 25.7 Å². The van der Waals surface area contributed by atoms with Crippen LogP contribution >= 0.6 is 0 Å². The number of likely N-dealkylation sites (tertiary alicyclic amines) is 1. The van der Waals surface area contributed by atoms with Crippen molar-refractivity contribution in [3.8, 4) is 0 Å². The fourth-order valence-corrected chi connectivity index (χ4v) is 2.13. The zero-order valence-electron chi connectivity index (χ0n) is 11.7. The highest BCUT2D eigenvalue weighted by Crippen LogP contribution is 2.19. The summed E-state index contributed by atoms with van der Waals surface area (Å²) in [7, 11) is 1.41. The van der Waals surface area contributed by atoms with Crippen LogP contribution in [0.4, 0.5) is 0 Å². The molecule has 3 unspecified atom stereocenters. The molecule has 0 radical (unpaired) electrons. The first kappa shape index (κ1) is 15.0. The van der Waals surface area contributed by atoms with Gasteiger partial charge in [-0.2, -0.15) is 0 Å². The molecular formula is C13H24N2O3. The third-order valence-corrected chi connectivity index (χ3v) is 3.68. The van der Waals surface area contributed by atoms with Crippen LogP contribution in [0.3, 0.4) is 0 Å². The molecule has 0 bridgehead atoms. The number of carbonyl (C=O) groups excluding carboxylic acids is 2. The van der Waals surface area contributed by atoms with E-state index in [0.29, 0.717) is 6.54 Å². The second-order valence-electron chi connectivity index (χ2n) is 5.00. The number of ether oxygens (including phenoxy) is 1. The van der Waals surface area contributed by atoms with Gasteiger partial charge in [-0.1, -0.05) is 6.92 Å². The molecule has 5 nitrogen and oxygen atoms in total. The van der Waals surface area contributed by atoms with E-state index in [2.05, 4.69) is 5.32 Å². The Kier molecular flexibility index (Phi) is 5.59. The summed E-state index contributed by atoms with van der Waals surface area (Å²) in [5, 5.41) is 2.97. The number of esters is 1. The molecule has 0 aromatic carbocycles. The minimum Gasteiger partial charge on any atom is -0.469 e. The van der Waals surface area contributed by atoms with Crippen molar-refractivity contribution in [2.45, 2.75) is 45.7 Å². The summed E-state index contributed by atoms with van der Waals surface area (Å²) in [6, 6.07) is 0.00705. The molecule has 0 saturated carbocycles. The van der Waals surface area contributed by atoms with E-state index in [0.717, 1.165) is 19.4 Å². The van der Waals surface area contributed by atoms with Crippen LogP contribution in [-0.2, 0) is 14.3 Å². The number of methoxy groups -OCH3 is 1. The Morgan fingerprint density at radius 1 is 1.44 bits per heavy atom. The minimum atomic E-state index is -0.186. The van der Waals surface area contributed by atoms with Gasteiger partial charge in [0.15, 0.2) is 0 Å². The molecule has 1 amide bonds. The van der Waals surface area contributed by atoms with Crippen molar-refractivity contribution in [2.24, 2.45) is 5.92 Å². The molecule has 0 aromatic heterocycles. The normalized spacial score (nSPS) is 23.4. The fraction of sp³-hybridized carbons (Fsp3) is 0.846. The molecule has 1 fully saturated rings. The first-order valence-electron chi connectivity index (χ1n) is 6.61. The van der Waals surface area contributed by atoms with Crippen molar-refractivity contribution < 1.29 is 14.3 Å². The maximum Gasteiger partial charge on any atom is 0.310 e. The molecule has 3 atom stereocenters. The van der Waals surface area contributed by atoms with Gasteiger partial charge in [-0.25, -0.2) is 0 Å². The Bertz CT molecular complexity index is 307. The van der Waals surface area contributed by atoms with Gasteiger partial charge in [0.05, 0.1) is 19.1 Å². The van der Waals surface area contributed by atoms with Crippen LogP contribution < -0.4 is 5.32 Å². The van der Waals surface area contributed by atoms with Crippen LogP contribution in [0.2, 0.25) is 0 Å². The lowest BCUT2D eigenvalue weighted by Gasteiger charge is -2.24. The van der Waals surface area contributed by atoms with Gasteiger partial charge in [0.25, 0.3) is 0 Å². The largest absolute Gasteiger partial charge is 0.469 e. The topological polar surface area (TPSA) is 58.6 Å². The minimum absolute atomic E-state index is 0.0369. The third-order valence-electron chi connectivity index (χ3n) is 3.68. The zero-order valence-corrected chi connectivity index (χ0v) is 11.7. The highest BCUT2D eigenvalue weighted by molar-refractivity contribution is 5.82. The van der Waals surface area contributed by atoms with Crippen LogP contribution in [0, 0.1) is 5.92 Å². The molecule has 18 heavy (non-hydrogen) atoms. The Balaban J connectivity index is 2.46. The third kappa shape index (κ3) is 3.70. The lowest BCUT2D eigenvalue weighted by atomic mass is 10.1. The number of nitrogens with zero attached hydrogens (tertiary/aromatic N) is 1. The van der Waals surface area contributed by atoms with Gasteiger partial charge in [-0.05, 0) is 33.2 Å². The Morgan fingerprint density at radius 2 is 2.11 bits per heavy atom. The Hall–Kier alpha value is -1.10. The van der Waals surface area contributed by atoms with Crippen LogP contribution in [-0.4, -0.2) is 49.1 Å². The smallest absolute Gasteiger partial charge is 0.310 e. The monoisotopic (exact) mass is 256 g/mol. The van der Waals surface area contributed by atoms with Crippen LogP contribution in [0.1, 0.15) is 33.6 Å². The van der Waals surface area contributed by atoms with E-state index in [-0.39, 0.29) is 29.9 Å². The number of carbonyl (C=O) groups is 2. The summed E-state index contributed by atoms with van der Waals surface area (Å²) in [4.78, 5) is 25.4. The summed E-state index contributed by atoms with van der Waals surface area (Å²) < 4.78 is 4.74. The van der Waals surface area contributed by atoms with Crippen molar-refractivity contribution in [3.63, 3.8) is 0 Å². The number of rotatable bonds is 5. The van der Waals surface area contributed by atoms with Crippen LogP contribution in [0.25, 0.3) is 0 Å². The summed E-state index contributed by atoms with van der Waals surface area (Å²) >= 11 is 0. The number of amides is 1. The number of nitrogens with one attached hydrogen (secondary N) is 1. The molecule has 1 N–H and O–H groups in total. The van der Waals surface area contributed by atoms with Crippen molar-refractivity contribution >= 4 is 11.9 Å². The SMILES string of the molecule is CCC(C)NC(=O)C(C)N1CCC(C(=O)OC)C1. The molecule has 1 aliphatic rings. The van der Waals surface area contributed by atoms with E-state index in [1.165, 1.54) is 7.11 Å². The summed E-state index contributed by atoms with van der Waals surface area (Å²) in [5.41, 5.74) is 0. The fourth-order valence-electron chi connectivity index (χ4n) is 2.13. The molecule has 1 saturated heterocycles. The van der Waals surface area contributed by atoms with E-state index >= 15 is 0 Å². The molecule has 0 spiro atoms. The van der Waals surface area contributed by atoms with E-state index in [4.69, 9.17) is 4.74 Å². The van der Waals surface area contributed by atoms with Gasteiger partial charge < -0.3 is 10.1 Å². The van der Waals surface area contributed by atoms with E-state index in [1.54, 1.807) is 0 Å². The molecule has 1 aliphatic heterocycles. The highest BCUT2D eigenvalue weighted by atomic mass is 16.5. The predicted octanol–water partition coefficient (Wildman–Crippen LogP) is 0.785. The molecule has 1 rings (SSSR count). The predicted molar refractivity (Wildman–Crippen MR) is 69.1 cm³/mol. The van der Waals surface area contributed by atoms with Gasteiger partial charge in [0, 0.05) is 12.6 Å². The van der Waals surface area contributed by atoms with Crippen molar-refractivity contribution in [1.82, 2.24) is 10.2 Å². The highest BCUT2D eigenvalue weighted by Gasteiger charge is 2.33. The van der Waals surface area contributed by atoms with Gasteiger partial charge in [-0.3, -0.25) is 14.5 Å². The van der Waals surface area contributed by atoms with E-state index < -0.39 is 0 Å². The second-order valence-corrected chi connectivity index (χ2v) is 5.00. The van der Waals surface area contributed by atoms with Crippen molar-refractivity contribution in [1.29, 1.82) is 0 Å². The average Bonchev–Trinajstić information content (AvgIpc) is 2.86. The van der Waals surface area contributed by atoms with Crippen LogP contribution in [0.15, 0.2) is 0 Å². The van der Waals surface area contributed by atoms with Crippen molar-refractivity contribution in [3.05, 3.63) is 0 Å². The van der Waals surface area contributed by atoms with Gasteiger partial charge in [0.1, 0.15) is 0 Å². The van der Waals surface area contributed by atoms with Crippen LogP contribution in [0.5, 0.6) is 0 Å². The van der Waals surface area contributed by atoms with Gasteiger partial charge in [-0.15, -0.1) is 0 Å². The molecular weight excluding hydrogens is 232 g/mol. The molecule has 5 heteroatoms. The number of hydrogen-bond acceptors (Lipinski definition) is 4. The molecule has 0 aromatic rings. The average molecular weight is 256 g/mol. The molecule has 0 aliphatic carbocycles. The summed E-state index contributed by atoms with van der Waals surface area (Å²) in [6.45, 7) is 7.30. The Morgan fingerprint density at radius 3 is 2.67 bits per heavy atom. The maximum atomic E-state index is 12.0. The molecule has 1 heterocycles. The van der Waals surface area contributed by atoms with E-state index in [9.17, 15) is 9.59 Å². The first-order valence-corrected chi connectivity index (χ1v) is 6.61. The quantitative estimate of drug-likeness (QED) is 0.739. The van der Waals surface area contributed by atoms with Crippen molar-refractivity contribution in [2.75, 3.05) is 20.2 Å². The Labute approximate surface area is 109 Å². The van der Waals surface area contributed by atoms with Gasteiger partial charge in [0.2, 0.25) is 5.91 Å². The lowest BCUT2D eigenvalue weighted by molar-refractivity contribution is -0.145. The zero-order chi connectivity index (χ0) is 13.7. The molecule has 104 valence electrons. The van der Waals surface area contributed by atoms with Gasteiger partial charge >= 0.3 is 5.97 Å². The maximum absolute atomic E-state index is 12.0. The summed E-state index contributed by atoms with van der Waals surface area (Å²) in [6.07, 6.45) is 1.69. The first-order chi connectivity index (χ1) is 8.49.